The molecule has 0 bridgehead atoms. The molecule has 1 aromatic heterocycles. The van der Waals surface area contributed by atoms with Crippen molar-refractivity contribution in [1.29, 1.82) is 0 Å². The van der Waals surface area contributed by atoms with Crippen LogP contribution in [0.1, 0.15) is 39.2 Å². The van der Waals surface area contributed by atoms with E-state index in [0.717, 1.165) is 24.4 Å². The van der Waals surface area contributed by atoms with Crippen LogP contribution in [0.3, 0.4) is 0 Å². The molecule has 1 heteroatoms. The van der Waals surface area contributed by atoms with Crippen molar-refractivity contribution in [3.63, 3.8) is 0 Å². The molecular weight excluding hydrogens is 136 g/mol. The maximum atomic E-state index is 5.38. The van der Waals surface area contributed by atoms with E-state index >= 15 is 0 Å². The van der Waals surface area contributed by atoms with Gasteiger partial charge in [0.15, 0.2) is 0 Å². The molecular formula is C10H18O. The molecule has 0 aliphatic carbocycles. The topological polar surface area (TPSA) is 13.1 Å². The minimum atomic E-state index is 1.00. The Morgan fingerprint density at radius 2 is 1.36 bits per heavy atom. The van der Waals surface area contributed by atoms with Gasteiger partial charge in [-0.25, -0.2) is 0 Å². The van der Waals surface area contributed by atoms with Crippen molar-refractivity contribution in [2.75, 3.05) is 0 Å². The highest BCUT2D eigenvalue weighted by Gasteiger charge is 1.94. The maximum absolute atomic E-state index is 5.38. The van der Waals surface area contributed by atoms with Gasteiger partial charge in [-0.05, 0) is 12.1 Å². The average Bonchev–Trinajstić information content (AvgIpc) is 2.55. The van der Waals surface area contributed by atoms with Crippen molar-refractivity contribution in [2.45, 2.75) is 40.5 Å². The molecule has 0 fully saturated rings. The lowest BCUT2D eigenvalue weighted by atomic mass is 10.3. The second kappa shape index (κ2) is 6.02. The molecule has 0 spiro atoms. The molecule has 0 aliphatic rings. The van der Waals surface area contributed by atoms with Gasteiger partial charge in [-0.1, -0.05) is 27.7 Å². The van der Waals surface area contributed by atoms with Crippen molar-refractivity contribution in [1.82, 2.24) is 0 Å². The second-order valence-corrected chi connectivity index (χ2v) is 2.08. The lowest BCUT2D eigenvalue weighted by Gasteiger charge is -1.86. The monoisotopic (exact) mass is 154 g/mol. The number of furan rings is 1. The zero-order chi connectivity index (χ0) is 8.69. The average molecular weight is 154 g/mol. The SMILES string of the molecule is CC.CCc1ccc(CC)o1. The van der Waals surface area contributed by atoms with Crippen molar-refractivity contribution in [2.24, 2.45) is 0 Å². The molecule has 1 aromatic rings. The fourth-order valence-corrected chi connectivity index (χ4v) is 0.802. The van der Waals surface area contributed by atoms with E-state index in [-0.39, 0.29) is 0 Å². The van der Waals surface area contributed by atoms with Crippen LogP contribution in [0.4, 0.5) is 0 Å². The summed E-state index contributed by atoms with van der Waals surface area (Å²) >= 11 is 0. The predicted octanol–water partition coefficient (Wildman–Crippen LogP) is 3.43. The van der Waals surface area contributed by atoms with Crippen LogP contribution in [-0.2, 0) is 12.8 Å². The van der Waals surface area contributed by atoms with Gasteiger partial charge in [0.2, 0.25) is 0 Å². The minimum Gasteiger partial charge on any atom is -0.466 e. The molecule has 0 radical (unpaired) electrons. The Hall–Kier alpha value is -0.720. The third-order valence-electron chi connectivity index (χ3n) is 1.41. The molecule has 0 N–H and O–H groups in total. The molecule has 0 amide bonds. The van der Waals surface area contributed by atoms with Crippen molar-refractivity contribution in [3.8, 4) is 0 Å². The normalized spacial score (nSPS) is 8.73. The highest BCUT2D eigenvalue weighted by atomic mass is 16.3. The third-order valence-corrected chi connectivity index (χ3v) is 1.41. The standard InChI is InChI=1S/C8H12O.C2H6/c1-3-7-5-6-8(4-2)9-7;1-2/h5-6H,3-4H2,1-2H3;1-2H3. The molecule has 0 unspecified atom stereocenters. The van der Waals surface area contributed by atoms with Crippen LogP contribution in [-0.4, -0.2) is 0 Å². The fraction of sp³-hybridized carbons (Fsp3) is 0.600. The quantitative estimate of drug-likeness (QED) is 0.636. The van der Waals surface area contributed by atoms with Crippen LogP contribution >= 0.6 is 0 Å². The lowest BCUT2D eigenvalue weighted by Crippen LogP contribution is -1.71. The van der Waals surface area contributed by atoms with Crippen molar-refractivity contribution in [3.05, 3.63) is 23.7 Å². The molecule has 0 aliphatic heterocycles. The Kier molecular flexibility index (Phi) is 5.63. The summed E-state index contributed by atoms with van der Waals surface area (Å²) in [6.45, 7) is 8.19. The van der Waals surface area contributed by atoms with E-state index in [2.05, 4.69) is 13.8 Å². The zero-order valence-corrected chi connectivity index (χ0v) is 7.98. The first-order valence-corrected chi connectivity index (χ1v) is 4.44. The molecule has 0 atom stereocenters. The summed E-state index contributed by atoms with van der Waals surface area (Å²) in [5, 5.41) is 0. The van der Waals surface area contributed by atoms with Crippen LogP contribution in [0.2, 0.25) is 0 Å². The summed E-state index contributed by atoms with van der Waals surface area (Å²) in [6.07, 6.45) is 2.00. The molecule has 1 nitrogen and oxygen atoms in total. The predicted molar refractivity (Wildman–Crippen MR) is 48.8 cm³/mol. The van der Waals surface area contributed by atoms with E-state index in [9.17, 15) is 0 Å². The summed E-state index contributed by atoms with van der Waals surface area (Å²) in [4.78, 5) is 0. The number of rotatable bonds is 2. The Balaban J connectivity index is 0.000000461. The smallest absolute Gasteiger partial charge is 0.103 e. The third kappa shape index (κ3) is 3.26. The Morgan fingerprint density at radius 1 is 1.00 bits per heavy atom. The summed E-state index contributed by atoms with van der Waals surface area (Å²) < 4.78 is 5.38. The first-order chi connectivity index (χ1) is 5.36. The van der Waals surface area contributed by atoms with Crippen LogP contribution in [0.15, 0.2) is 16.5 Å². The Bertz CT molecular complexity index is 158. The van der Waals surface area contributed by atoms with Gasteiger partial charge < -0.3 is 4.42 Å². The van der Waals surface area contributed by atoms with E-state index in [0.29, 0.717) is 0 Å². The van der Waals surface area contributed by atoms with Gasteiger partial charge in [0.05, 0.1) is 0 Å². The van der Waals surface area contributed by atoms with Crippen molar-refractivity contribution >= 4 is 0 Å². The first-order valence-electron chi connectivity index (χ1n) is 4.44. The van der Waals surface area contributed by atoms with Gasteiger partial charge in [0.25, 0.3) is 0 Å². The zero-order valence-electron chi connectivity index (χ0n) is 7.98. The van der Waals surface area contributed by atoms with E-state index in [1.165, 1.54) is 0 Å². The first kappa shape index (κ1) is 10.3. The molecule has 11 heavy (non-hydrogen) atoms. The van der Waals surface area contributed by atoms with Crippen LogP contribution in [0.5, 0.6) is 0 Å². The molecule has 1 rings (SSSR count). The van der Waals surface area contributed by atoms with Gasteiger partial charge in [0.1, 0.15) is 11.5 Å². The lowest BCUT2D eigenvalue weighted by molar-refractivity contribution is 0.474. The molecule has 0 saturated carbocycles. The van der Waals surface area contributed by atoms with Crippen LogP contribution < -0.4 is 0 Å². The van der Waals surface area contributed by atoms with Gasteiger partial charge >= 0.3 is 0 Å². The van der Waals surface area contributed by atoms with Gasteiger partial charge in [-0.15, -0.1) is 0 Å². The summed E-state index contributed by atoms with van der Waals surface area (Å²) in [5.74, 6) is 2.18. The molecule has 1 heterocycles. The second-order valence-electron chi connectivity index (χ2n) is 2.08. The van der Waals surface area contributed by atoms with E-state index in [1.807, 2.05) is 26.0 Å². The molecule has 0 saturated heterocycles. The van der Waals surface area contributed by atoms with Gasteiger partial charge in [0, 0.05) is 12.8 Å². The fourth-order valence-electron chi connectivity index (χ4n) is 0.802. The van der Waals surface area contributed by atoms with Crippen LogP contribution in [0.25, 0.3) is 0 Å². The van der Waals surface area contributed by atoms with Crippen LogP contribution in [0, 0.1) is 0 Å². The van der Waals surface area contributed by atoms with E-state index in [4.69, 9.17) is 4.42 Å². The largest absolute Gasteiger partial charge is 0.466 e. The van der Waals surface area contributed by atoms with E-state index < -0.39 is 0 Å². The van der Waals surface area contributed by atoms with Gasteiger partial charge in [-0.3, -0.25) is 0 Å². The van der Waals surface area contributed by atoms with Gasteiger partial charge in [-0.2, -0.15) is 0 Å². The summed E-state index contributed by atoms with van der Waals surface area (Å²) in [6, 6.07) is 4.08. The summed E-state index contributed by atoms with van der Waals surface area (Å²) in [7, 11) is 0. The maximum Gasteiger partial charge on any atom is 0.103 e. The van der Waals surface area contributed by atoms with Crippen molar-refractivity contribution < 1.29 is 4.42 Å². The number of hydrogen-bond acceptors (Lipinski definition) is 1. The molecule has 64 valence electrons. The van der Waals surface area contributed by atoms with E-state index in [1.54, 1.807) is 0 Å². The number of aryl methyl sites for hydroxylation is 2. The number of hydrogen-bond donors (Lipinski definition) is 0. The molecule has 0 aromatic carbocycles. The highest BCUT2D eigenvalue weighted by molar-refractivity contribution is 5.06. The summed E-state index contributed by atoms with van der Waals surface area (Å²) in [5.41, 5.74) is 0. The Labute approximate surface area is 69.4 Å². The highest BCUT2D eigenvalue weighted by Crippen LogP contribution is 2.07. The minimum absolute atomic E-state index is 1.00. The Morgan fingerprint density at radius 3 is 1.55 bits per heavy atom.